The maximum absolute atomic E-state index is 11.8. The predicted molar refractivity (Wildman–Crippen MR) is 534 cm³/mol. The largest absolute Gasteiger partial charge is 0.508 e. The third kappa shape index (κ3) is 82.1. The van der Waals surface area contributed by atoms with Crippen LogP contribution in [0.5, 0.6) is 23.0 Å². The topological polar surface area (TPSA) is 442 Å². The van der Waals surface area contributed by atoms with E-state index in [0.29, 0.717) is 29.8 Å². The second-order valence-corrected chi connectivity index (χ2v) is 27.9. The Labute approximate surface area is 781 Å². The molecule has 4 rings (SSSR count). The Morgan fingerprint density at radius 3 is 0.906 bits per heavy atom. The second-order valence-electron chi connectivity index (χ2n) is 27.9. The average Bonchev–Trinajstić information content (AvgIpc) is 0.866. The number of aliphatic hydroxyl groups excluding tert-OH is 4. The fourth-order valence-electron chi connectivity index (χ4n) is 6.60. The summed E-state index contributed by atoms with van der Waals surface area (Å²) in [6, 6.07) is 24.6. The lowest BCUT2D eigenvalue weighted by Crippen LogP contribution is -2.34. The van der Waals surface area contributed by atoms with Gasteiger partial charge in [0.15, 0.2) is 0 Å². The summed E-state index contributed by atoms with van der Waals surface area (Å²) >= 11 is 0. The molecule has 0 fully saturated rings. The van der Waals surface area contributed by atoms with E-state index < -0.39 is 28.2 Å². The van der Waals surface area contributed by atoms with Crippen LogP contribution in [0.4, 0.5) is 16.2 Å². The van der Waals surface area contributed by atoms with Crippen LogP contribution in [0.25, 0.3) is 0 Å². The van der Waals surface area contributed by atoms with Crippen molar-refractivity contribution in [3.05, 3.63) is 108 Å². The van der Waals surface area contributed by atoms with E-state index in [1.165, 1.54) is 42.5 Å². The zero-order valence-electron chi connectivity index (χ0n) is 69.8. The Balaban J connectivity index is -0.0000000577. The number of benzene rings is 4. The molecule has 764 valence electrons. The maximum Gasteiger partial charge on any atom is 0.338 e. The van der Waals surface area contributed by atoms with Gasteiger partial charge < -0.3 is 94.7 Å². The van der Waals surface area contributed by atoms with Gasteiger partial charge in [0.05, 0.1) is 78.5 Å². The minimum atomic E-state index is -0.527. The van der Waals surface area contributed by atoms with Gasteiger partial charge in [0.1, 0.15) is 75.9 Å². The first-order valence-electron chi connectivity index (χ1n) is 37.8. The van der Waals surface area contributed by atoms with Crippen LogP contribution in [-0.4, -0.2) is 180 Å². The number of amides is 3. The van der Waals surface area contributed by atoms with Gasteiger partial charge in [-0.05, 0) is 171 Å². The molecule has 29 nitrogen and oxygen atoms in total. The maximum atomic E-state index is 11.8. The lowest BCUT2D eigenvalue weighted by atomic mass is 9.89. The molecule has 4 aromatic rings. The van der Waals surface area contributed by atoms with Crippen LogP contribution in [0, 0.1) is 45.3 Å². The van der Waals surface area contributed by atoms with Crippen molar-refractivity contribution in [3.63, 3.8) is 0 Å². The monoisotopic (exact) mass is 1840 g/mol. The third-order valence-electron chi connectivity index (χ3n) is 17.0. The third-order valence-corrected chi connectivity index (χ3v) is 17.0. The number of carbonyl (C=O) groups is 10. The molecule has 128 heavy (non-hydrogen) atoms. The molecule has 0 spiro atoms. The van der Waals surface area contributed by atoms with Crippen molar-refractivity contribution in [2.24, 2.45) is 45.3 Å². The Morgan fingerprint density at radius 2 is 0.609 bits per heavy atom. The molecule has 0 aromatic heterocycles. The van der Waals surface area contributed by atoms with Gasteiger partial charge >= 0.3 is 53.8 Å². The van der Waals surface area contributed by atoms with Crippen LogP contribution in [0.1, 0.15) is 325 Å². The van der Waals surface area contributed by atoms with Gasteiger partial charge in [-0.3, -0.25) is 38.4 Å². The van der Waals surface area contributed by atoms with Gasteiger partial charge in [-0.25, -0.2) is 9.59 Å². The van der Waals surface area contributed by atoms with E-state index in [9.17, 15) is 53.1 Å². The van der Waals surface area contributed by atoms with Gasteiger partial charge in [0.25, 0.3) is 0 Å². The number of phenols is 4. The van der Waals surface area contributed by atoms with Gasteiger partial charge in [0, 0.05) is 22.9 Å². The molecule has 0 aliphatic carbocycles. The molecule has 0 saturated heterocycles. The van der Waals surface area contributed by atoms with Crippen molar-refractivity contribution in [2.75, 3.05) is 89.9 Å². The first-order valence-corrected chi connectivity index (χ1v) is 37.8. The summed E-state index contributed by atoms with van der Waals surface area (Å²) in [5.41, 5.74) is 0.550. The summed E-state index contributed by atoms with van der Waals surface area (Å²) in [4.78, 5) is 113. The normalized spacial score (nSPS) is 10.2. The van der Waals surface area contributed by atoms with Crippen LogP contribution in [0.15, 0.2) is 97.1 Å². The smallest absolute Gasteiger partial charge is 0.338 e. The number of rotatable bonds is 35. The molecule has 0 heterocycles. The molecule has 0 radical (unpaired) electrons. The minimum Gasteiger partial charge on any atom is -0.508 e. The molecule has 0 aliphatic heterocycles. The fraction of sp³-hybridized carbons (Fsp3) is 0.657. The van der Waals surface area contributed by atoms with E-state index >= 15 is 0 Å². The minimum absolute atomic E-state index is 0. The Bertz CT molecular complexity index is 3170. The van der Waals surface area contributed by atoms with Gasteiger partial charge in [-0.15, -0.1) is 0 Å². The van der Waals surface area contributed by atoms with Crippen molar-refractivity contribution in [2.45, 2.75) is 315 Å². The Kier molecular flexibility index (Phi) is 127. The van der Waals surface area contributed by atoms with Crippen LogP contribution in [0.3, 0.4) is 0 Å². The zero-order chi connectivity index (χ0) is 86.6. The van der Waals surface area contributed by atoms with Gasteiger partial charge in [-0.1, -0.05) is 234 Å². The molecule has 4 aromatic carbocycles. The molecule has 0 bridgehead atoms. The molecule has 3 amide bonds. The number of hydrogen-bond donors (Lipinski definition) is 11. The van der Waals surface area contributed by atoms with Gasteiger partial charge in [0.2, 0.25) is 5.91 Å². The zero-order valence-corrected chi connectivity index (χ0v) is 69.8. The second kappa shape index (κ2) is 96.5. The Morgan fingerprint density at radius 1 is 0.320 bits per heavy atom. The average molecular weight is 1850 g/mol. The highest BCUT2D eigenvalue weighted by Crippen LogP contribution is 2.26. The van der Waals surface area contributed by atoms with Crippen LogP contribution >= 0.6 is 0 Å². The van der Waals surface area contributed by atoms with E-state index in [2.05, 4.69) is 34.9 Å². The number of anilines is 2. The van der Waals surface area contributed by atoms with E-state index in [4.69, 9.17) is 54.7 Å². The number of esters is 8. The highest BCUT2D eigenvalue weighted by atomic mass is 16.6. The molecule has 4 atom stereocenters. The summed E-state index contributed by atoms with van der Waals surface area (Å²) in [6.07, 6.45) is 6.03. The summed E-state index contributed by atoms with van der Waals surface area (Å²) in [5.74, 6) is -1.84. The van der Waals surface area contributed by atoms with E-state index in [1.807, 2.05) is 96.9 Å². The van der Waals surface area contributed by atoms with Crippen LogP contribution < -0.4 is 16.0 Å². The van der Waals surface area contributed by atoms with Crippen molar-refractivity contribution >= 4 is 71.1 Å². The van der Waals surface area contributed by atoms with E-state index in [0.717, 1.165) is 44.1 Å². The first-order chi connectivity index (χ1) is 52.5. The van der Waals surface area contributed by atoms with E-state index in [-0.39, 0.29) is 304 Å². The molecule has 0 saturated carbocycles. The van der Waals surface area contributed by atoms with E-state index in [1.54, 1.807) is 96.1 Å². The van der Waals surface area contributed by atoms with Gasteiger partial charge in [-0.2, -0.15) is 0 Å². The molecule has 11 N–H and O–H groups in total. The number of aliphatic hydroxyl groups is 4. The summed E-state index contributed by atoms with van der Waals surface area (Å²) in [6.45, 7) is 38.2. The predicted octanol–water partition coefficient (Wildman–Crippen LogP) is 23.1. The van der Waals surface area contributed by atoms with Crippen molar-refractivity contribution in [1.82, 2.24) is 5.32 Å². The van der Waals surface area contributed by atoms with Crippen LogP contribution in [-0.2, 0) is 82.9 Å². The number of nitrogens with one attached hydrogen (secondary N) is 3. The number of hydrogen-bond acceptors (Lipinski definition) is 26. The number of phenolic OH excluding ortho intramolecular Hbond substituents is 4. The van der Waals surface area contributed by atoms with Crippen molar-refractivity contribution in [1.29, 1.82) is 0 Å². The van der Waals surface area contributed by atoms with Crippen molar-refractivity contribution in [3.8, 4) is 23.0 Å². The molecule has 0 aliphatic rings. The van der Waals surface area contributed by atoms with Crippen molar-refractivity contribution < 1.29 is 127 Å². The summed E-state index contributed by atoms with van der Waals surface area (Å²) < 4.78 is 38.9. The summed E-state index contributed by atoms with van der Waals surface area (Å²) in [5, 5.41) is 77.7. The molecular formula is C99H197N3O26. The molecule has 4 unspecified atom stereocenters. The number of urea groups is 1. The number of ether oxygens (including phenoxy) is 8. The molecule has 29 heteroatoms. The number of aromatic hydroxyl groups is 4. The SMILES string of the molecule is C.C.C.C.C.C.C.C.C.C.C.C.C.C.C.C.CCC(C)(C)C(=O)Nc1cccc(O)c1.CCC(C)(C)C(=O)OCCNC(=O)Nc1ccc(O)cc1.CCC(C)(C)C(=O)OCCOC(=O)c1ccc(O)cc1.CCC(C)(C)C(=O)OCc1ccc(O)cc1.CCC(C)C(=O)OCCO.CCC(C)C(=O)OCCO.CCC(C)C(=O)OCCO.CCC(C)C(=O)OCCO. The number of carbonyl (C=O) groups excluding carboxylic acids is 10. The lowest BCUT2D eigenvalue weighted by Gasteiger charge is -2.21. The highest BCUT2D eigenvalue weighted by molar-refractivity contribution is 5.95. The highest BCUT2D eigenvalue weighted by Gasteiger charge is 2.30. The van der Waals surface area contributed by atoms with Crippen LogP contribution in [0.2, 0.25) is 0 Å². The molecular weight excluding hydrogens is 1650 g/mol. The fourth-order valence-corrected chi connectivity index (χ4v) is 6.60. The summed E-state index contributed by atoms with van der Waals surface area (Å²) in [7, 11) is 0. The lowest BCUT2D eigenvalue weighted by molar-refractivity contribution is -0.156. The quantitative estimate of drug-likeness (QED) is 0.00882. The standard InChI is InChI=1S/C15H22N2O4.C15H20O5.C13H18O3.C12H17NO2.4C7H14O3.16CH4/c1-4-15(2,3)13(19)21-10-9-16-14(20)17-11-5-7-12(18)8-6-11;1-4-15(2,3)14(18)20-10-9-19-13(17)11-5-7-12(16)8-6-11;1-4-13(2,3)12(15)16-9-10-5-7-11(14)8-6-10;1-4-12(2,3)11(15)13-9-6-5-7-10(14)8-9;4*1-3-6(2)7(9)10-5-4-8;;;;;;;;;;;;;;;;/h5-8,18H,4,9-10H2,1-3H3,(H2,16,17,20);5-8,16H,4,9-10H2,1-3H3;5-8,14H,4,9H2,1-3H3;5-8,14H,4H2,1-3H3,(H,13,15);4*6,8H,3-5H2,1-2H3;16*1H4. The Hall–Kier alpha value is -9.58. The first kappa shape index (κ1) is 169.